The van der Waals surface area contributed by atoms with E-state index < -0.39 is 6.10 Å². The van der Waals surface area contributed by atoms with Gasteiger partial charge in [0, 0.05) is 19.5 Å². The normalized spacial score (nSPS) is 12.1. The van der Waals surface area contributed by atoms with Gasteiger partial charge in [0.1, 0.15) is 18.5 Å². The Morgan fingerprint density at radius 1 is 1.50 bits per heavy atom. The third-order valence-corrected chi connectivity index (χ3v) is 2.45. The number of para-hydroxylation sites is 1. The number of hydrogen-bond donors (Lipinski definition) is 3. The highest BCUT2D eigenvalue weighted by Gasteiger charge is 2.06. The second-order valence-electron chi connectivity index (χ2n) is 4.15. The summed E-state index contributed by atoms with van der Waals surface area (Å²) < 4.78 is 5.50. The Hall–Kier alpha value is -1.59. The number of nitrogens with one attached hydrogen (secondary N) is 1. The molecule has 0 fully saturated rings. The van der Waals surface area contributed by atoms with Crippen LogP contribution in [0.25, 0.3) is 0 Å². The minimum atomic E-state index is -0.613. The summed E-state index contributed by atoms with van der Waals surface area (Å²) >= 11 is 0. The third kappa shape index (κ3) is 5.65. The van der Waals surface area contributed by atoms with Crippen molar-refractivity contribution in [1.29, 1.82) is 0 Å². The highest BCUT2D eigenvalue weighted by molar-refractivity contribution is 5.73. The number of carbonyl (C=O) groups excluding carboxylic acids is 1. The molecule has 1 unspecified atom stereocenters. The van der Waals surface area contributed by atoms with Crippen molar-refractivity contribution in [3.8, 4) is 5.75 Å². The highest BCUT2D eigenvalue weighted by Crippen LogP contribution is 2.16. The summed E-state index contributed by atoms with van der Waals surface area (Å²) in [6.07, 6.45) is -0.344. The summed E-state index contributed by atoms with van der Waals surface area (Å²) in [5.74, 6) is 0.418. The number of amides is 1. The van der Waals surface area contributed by atoms with Gasteiger partial charge >= 0.3 is 0 Å². The van der Waals surface area contributed by atoms with Crippen molar-refractivity contribution in [1.82, 2.24) is 5.32 Å². The summed E-state index contributed by atoms with van der Waals surface area (Å²) in [7, 11) is 0. The van der Waals surface area contributed by atoms with Crippen LogP contribution in [0.2, 0.25) is 0 Å². The fourth-order valence-electron chi connectivity index (χ4n) is 1.44. The minimum absolute atomic E-state index is 0.217. The summed E-state index contributed by atoms with van der Waals surface area (Å²) in [4.78, 5) is 10.5. The van der Waals surface area contributed by atoms with E-state index in [0.29, 0.717) is 13.1 Å². The molecule has 1 aromatic rings. The molecule has 0 aliphatic carbocycles. The zero-order valence-electron chi connectivity index (χ0n) is 10.6. The standard InChI is InChI=1S/C13H20N2O3/c1-10-4-2-3-5-12(10)18-9-11(16)8-15-7-6-13(14)17/h2-5,11,15-16H,6-9H2,1H3,(H2,14,17). The Balaban J connectivity index is 2.19. The molecule has 100 valence electrons. The molecule has 5 nitrogen and oxygen atoms in total. The van der Waals surface area contributed by atoms with E-state index >= 15 is 0 Å². The van der Waals surface area contributed by atoms with Crippen molar-refractivity contribution in [2.75, 3.05) is 19.7 Å². The lowest BCUT2D eigenvalue weighted by Gasteiger charge is -2.14. The van der Waals surface area contributed by atoms with E-state index in [1.54, 1.807) is 0 Å². The fraction of sp³-hybridized carbons (Fsp3) is 0.462. The molecule has 0 heterocycles. The Morgan fingerprint density at radius 2 is 2.22 bits per heavy atom. The maximum absolute atomic E-state index is 10.5. The molecular weight excluding hydrogens is 232 g/mol. The molecule has 0 radical (unpaired) electrons. The average molecular weight is 252 g/mol. The van der Waals surface area contributed by atoms with Gasteiger partial charge in [0.05, 0.1) is 0 Å². The molecule has 0 aliphatic heterocycles. The van der Waals surface area contributed by atoms with Gasteiger partial charge in [-0.1, -0.05) is 18.2 Å². The molecule has 5 heteroatoms. The first-order valence-corrected chi connectivity index (χ1v) is 5.95. The van der Waals surface area contributed by atoms with E-state index in [1.165, 1.54) is 0 Å². The summed E-state index contributed by atoms with van der Waals surface area (Å²) in [5.41, 5.74) is 6.03. The second kappa shape index (κ2) is 7.68. The zero-order valence-corrected chi connectivity index (χ0v) is 10.6. The molecule has 0 saturated heterocycles. The van der Waals surface area contributed by atoms with Gasteiger partial charge in [-0.25, -0.2) is 0 Å². The van der Waals surface area contributed by atoms with Gasteiger partial charge in [-0.15, -0.1) is 0 Å². The predicted molar refractivity (Wildman–Crippen MR) is 69.4 cm³/mol. The van der Waals surface area contributed by atoms with Crippen LogP contribution in [-0.4, -0.2) is 36.8 Å². The number of primary amides is 1. The van der Waals surface area contributed by atoms with Crippen LogP contribution in [0.3, 0.4) is 0 Å². The largest absolute Gasteiger partial charge is 0.491 e. The molecule has 0 saturated carbocycles. The maximum Gasteiger partial charge on any atom is 0.218 e. The molecule has 1 rings (SSSR count). The van der Waals surface area contributed by atoms with Crippen molar-refractivity contribution in [2.24, 2.45) is 5.73 Å². The monoisotopic (exact) mass is 252 g/mol. The number of ether oxygens (including phenoxy) is 1. The number of aliphatic hydroxyl groups is 1. The lowest BCUT2D eigenvalue weighted by atomic mass is 10.2. The van der Waals surface area contributed by atoms with E-state index in [4.69, 9.17) is 10.5 Å². The van der Waals surface area contributed by atoms with Crippen molar-refractivity contribution in [2.45, 2.75) is 19.4 Å². The maximum atomic E-state index is 10.5. The summed E-state index contributed by atoms with van der Waals surface area (Å²) in [6, 6.07) is 7.64. The topological polar surface area (TPSA) is 84.6 Å². The molecule has 0 aliphatic rings. The fourth-order valence-corrected chi connectivity index (χ4v) is 1.44. The highest BCUT2D eigenvalue weighted by atomic mass is 16.5. The molecule has 0 spiro atoms. The van der Waals surface area contributed by atoms with Gasteiger partial charge in [0.25, 0.3) is 0 Å². The summed E-state index contributed by atoms with van der Waals surface area (Å²) in [5, 5.41) is 12.6. The van der Waals surface area contributed by atoms with Crippen molar-refractivity contribution in [3.05, 3.63) is 29.8 Å². The van der Waals surface area contributed by atoms with Crippen LogP contribution in [-0.2, 0) is 4.79 Å². The number of aryl methyl sites for hydroxylation is 1. The van der Waals surface area contributed by atoms with Crippen LogP contribution < -0.4 is 15.8 Å². The molecule has 1 atom stereocenters. The summed E-state index contributed by atoms with van der Waals surface area (Å²) in [6.45, 7) is 3.01. The lowest BCUT2D eigenvalue weighted by Crippen LogP contribution is -2.33. The van der Waals surface area contributed by atoms with Crippen molar-refractivity contribution in [3.63, 3.8) is 0 Å². The Bertz CT molecular complexity index is 382. The first-order chi connectivity index (χ1) is 8.59. The minimum Gasteiger partial charge on any atom is -0.491 e. The first kappa shape index (κ1) is 14.5. The number of hydrogen-bond acceptors (Lipinski definition) is 4. The number of benzene rings is 1. The first-order valence-electron chi connectivity index (χ1n) is 5.95. The number of aliphatic hydroxyl groups excluding tert-OH is 1. The lowest BCUT2D eigenvalue weighted by molar-refractivity contribution is -0.117. The van der Waals surface area contributed by atoms with E-state index in [0.717, 1.165) is 11.3 Å². The van der Waals surface area contributed by atoms with Crippen LogP contribution in [0.5, 0.6) is 5.75 Å². The second-order valence-corrected chi connectivity index (χ2v) is 4.15. The average Bonchev–Trinajstić information content (AvgIpc) is 2.33. The van der Waals surface area contributed by atoms with E-state index in [-0.39, 0.29) is 18.9 Å². The van der Waals surface area contributed by atoms with Crippen molar-refractivity contribution >= 4 is 5.91 Å². The van der Waals surface area contributed by atoms with Crippen molar-refractivity contribution < 1.29 is 14.6 Å². The molecule has 0 aromatic heterocycles. The molecular formula is C13H20N2O3. The Kier molecular flexibility index (Phi) is 6.18. The van der Waals surface area contributed by atoms with Crippen LogP contribution in [0, 0.1) is 6.92 Å². The van der Waals surface area contributed by atoms with E-state index in [2.05, 4.69) is 5.32 Å². The number of nitrogens with two attached hydrogens (primary N) is 1. The van der Waals surface area contributed by atoms with Crippen LogP contribution in [0.1, 0.15) is 12.0 Å². The Morgan fingerprint density at radius 3 is 2.89 bits per heavy atom. The Labute approximate surface area is 107 Å². The molecule has 4 N–H and O–H groups in total. The van der Waals surface area contributed by atoms with Crippen LogP contribution in [0.4, 0.5) is 0 Å². The van der Waals surface area contributed by atoms with Gasteiger partial charge in [0.15, 0.2) is 0 Å². The van der Waals surface area contributed by atoms with Crippen LogP contribution >= 0.6 is 0 Å². The molecule has 1 aromatic carbocycles. The van der Waals surface area contributed by atoms with Gasteiger partial charge in [-0.05, 0) is 18.6 Å². The smallest absolute Gasteiger partial charge is 0.218 e. The van der Waals surface area contributed by atoms with Gasteiger partial charge in [-0.2, -0.15) is 0 Å². The molecule has 1 amide bonds. The van der Waals surface area contributed by atoms with Gasteiger partial charge in [0.2, 0.25) is 5.91 Å². The van der Waals surface area contributed by atoms with E-state index in [1.807, 2.05) is 31.2 Å². The SMILES string of the molecule is Cc1ccccc1OCC(O)CNCCC(N)=O. The predicted octanol–water partition coefficient (Wildman–Crippen LogP) is 0.200. The van der Waals surface area contributed by atoms with Crippen LogP contribution in [0.15, 0.2) is 24.3 Å². The third-order valence-electron chi connectivity index (χ3n) is 2.45. The quantitative estimate of drug-likeness (QED) is 0.577. The number of carbonyl (C=O) groups is 1. The molecule has 0 bridgehead atoms. The number of rotatable bonds is 8. The van der Waals surface area contributed by atoms with Gasteiger partial charge in [-0.3, -0.25) is 4.79 Å². The zero-order chi connectivity index (χ0) is 13.4. The van der Waals surface area contributed by atoms with Gasteiger partial charge < -0.3 is 20.9 Å². The van der Waals surface area contributed by atoms with E-state index in [9.17, 15) is 9.90 Å². The molecule has 18 heavy (non-hydrogen) atoms.